The third-order valence-corrected chi connectivity index (χ3v) is 5.33. The Balaban J connectivity index is 1.61. The van der Waals surface area contributed by atoms with Crippen LogP contribution in [0.2, 0.25) is 10.0 Å². The highest BCUT2D eigenvalue weighted by Gasteiger charge is 2.15. The first-order valence-electron chi connectivity index (χ1n) is 9.71. The highest BCUT2D eigenvalue weighted by molar-refractivity contribution is 6.42. The minimum atomic E-state index is -0.877. The molecule has 0 radical (unpaired) electrons. The molecule has 3 aromatic carbocycles. The number of carbonyl (C=O) groups excluding carboxylic acids is 2. The number of rotatable bonds is 6. The standard InChI is InChI=1S/C24H21Cl2N3O3/c1-15-6-5-7-16(2)22(15)28-23(30)24(31)29-27-13-18-8-3-4-9-21(18)32-14-17-10-11-19(25)20(26)12-17/h3-13H,14H2,1-2H3,(H,28,30)(H,29,31)/b27-13-. The van der Waals surface area contributed by atoms with Gasteiger partial charge in [0.1, 0.15) is 12.4 Å². The van der Waals surface area contributed by atoms with Crippen LogP contribution in [0.15, 0.2) is 65.8 Å². The van der Waals surface area contributed by atoms with Gasteiger partial charge in [0.25, 0.3) is 0 Å². The third-order valence-electron chi connectivity index (χ3n) is 4.59. The zero-order valence-electron chi connectivity index (χ0n) is 17.5. The molecule has 0 atom stereocenters. The Labute approximate surface area is 196 Å². The highest BCUT2D eigenvalue weighted by Crippen LogP contribution is 2.24. The number of nitrogens with zero attached hydrogens (tertiary/aromatic N) is 1. The van der Waals surface area contributed by atoms with Crippen molar-refractivity contribution in [1.82, 2.24) is 5.43 Å². The number of carbonyl (C=O) groups is 2. The topological polar surface area (TPSA) is 79.8 Å². The van der Waals surface area contributed by atoms with Crippen LogP contribution in [0, 0.1) is 13.8 Å². The van der Waals surface area contributed by atoms with Crippen LogP contribution in [0.25, 0.3) is 0 Å². The van der Waals surface area contributed by atoms with Crippen LogP contribution in [0.5, 0.6) is 5.75 Å². The van der Waals surface area contributed by atoms with Crippen LogP contribution < -0.4 is 15.5 Å². The molecule has 0 aromatic heterocycles. The fourth-order valence-electron chi connectivity index (χ4n) is 2.90. The molecule has 0 aliphatic rings. The molecule has 0 aliphatic heterocycles. The van der Waals surface area contributed by atoms with Crippen LogP contribution in [-0.4, -0.2) is 18.0 Å². The summed E-state index contributed by atoms with van der Waals surface area (Å²) >= 11 is 12.0. The van der Waals surface area contributed by atoms with E-state index in [0.717, 1.165) is 16.7 Å². The normalized spacial score (nSPS) is 10.8. The SMILES string of the molecule is Cc1cccc(C)c1NC(=O)C(=O)N/N=C\c1ccccc1OCc1ccc(Cl)c(Cl)c1. The van der Waals surface area contributed by atoms with E-state index >= 15 is 0 Å². The van der Waals surface area contributed by atoms with E-state index in [1.807, 2.05) is 50.2 Å². The van der Waals surface area contributed by atoms with Gasteiger partial charge in [0.2, 0.25) is 0 Å². The van der Waals surface area contributed by atoms with Gasteiger partial charge in [0.05, 0.1) is 16.3 Å². The summed E-state index contributed by atoms with van der Waals surface area (Å²) in [6, 6.07) is 18.0. The second kappa shape index (κ2) is 10.8. The molecule has 164 valence electrons. The van der Waals surface area contributed by atoms with Crippen LogP contribution >= 0.6 is 23.2 Å². The molecule has 32 heavy (non-hydrogen) atoms. The van der Waals surface area contributed by atoms with Gasteiger partial charge in [-0.3, -0.25) is 9.59 Å². The number of anilines is 1. The van der Waals surface area contributed by atoms with Crippen molar-refractivity contribution in [2.24, 2.45) is 5.10 Å². The number of halogens is 2. The van der Waals surface area contributed by atoms with Crippen molar-refractivity contribution in [3.63, 3.8) is 0 Å². The quantitative estimate of drug-likeness (QED) is 0.292. The first kappa shape index (κ1) is 23.3. The number of amides is 2. The van der Waals surface area contributed by atoms with Gasteiger partial charge in [-0.15, -0.1) is 0 Å². The summed E-state index contributed by atoms with van der Waals surface area (Å²) in [4.78, 5) is 24.3. The number of hydrogen-bond donors (Lipinski definition) is 2. The molecule has 0 bridgehead atoms. The van der Waals surface area contributed by atoms with Crippen LogP contribution in [0.4, 0.5) is 5.69 Å². The summed E-state index contributed by atoms with van der Waals surface area (Å²) < 4.78 is 5.84. The predicted molar refractivity (Wildman–Crippen MR) is 128 cm³/mol. The molecule has 0 unspecified atom stereocenters. The van der Waals surface area contributed by atoms with Gasteiger partial charge in [-0.2, -0.15) is 5.10 Å². The summed E-state index contributed by atoms with van der Waals surface area (Å²) in [5, 5.41) is 7.42. The summed E-state index contributed by atoms with van der Waals surface area (Å²) in [6.45, 7) is 3.98. The smallest absolute Gasteiger partial charge is 0.329 e. The first-order chi connectivity index (χ1) is 15.3. The number of hydrazone groups is 1. The van der Waals surface area contributed by atoms with E-state index in [9.17, 15) is 9.59 Å². The van der Waals surface area contributed by atoms with Crippen molar-refractivity contribution in [1.29, 1.82) is 0 Å². The maximum absolute atomic E-state index is 12.2. The van der Waals surface area contributed by atoms with Crippen molar-refractivity contribution >= 4 is 46.9 Å². The zero-order valence-corrected chi connectivity index (χ0v) is 19.0. The maximum atomic E-state index is 12.2. The van der Waals surface area contributed by atoms with E-state index in [0.29, 0.717) is 27.0 Å². The molecule has 6 nitrogen and oxygen atoms in total. The lowest BCUT2D eigenvalue weighted by Crippen LogP contribution is -2.32. The average Bonchev–Trinajstić information content (AvgIpc) is 2.77. The molecule has 8 heteroatoms. The van der Waals surface area contributed by atoms with Crippen molar-refractivity contribution < 1.29 is 14.3 Å². The van der Waals surface area contributed by atoms with Gasteiger partial charge < -0.3 is 10.1 Å². The van der Waals surface area contributed by atoms with E-state index in [4.69, 9.17) is 27.9 Å². The molecule has 0 heterocycles. The molecule has 0 aliphatic carbocycles. The molecule has 3 aromatic rings. The monoisotopic (exact) mass is 469 g/mol. The van der Waals surface area contributed by atoms with Crippen LogP contribution in [0.3, 0.4) is 0 Å². The van der Waals surface area contributed by atoms with Gasteiger partial charge >= 0.3 is 11.8 Å². The van der Waals surface area contributed by atoms with Gasteiger partial charge in [0.15, 0.2) is 0 Å². The number of ether oxygens (including phenoxy) is 1. The lowest BCUT2D eigenvalue weighted by molar-refractivity contribution is -0.136. The summed E-state index contributed by atoms with van der Waals surface area (Å²) in [5.74, 6) is -1.13. The third kappa shape index (κ3) is 6.09. The lowest BCUT2D eigenvalue weighted by atomic mass is 10.1. The van der Waals surface area contributed by atoms with Gasteiger partial charge in [-0.25, -0.2) is 5.43 Å². The summed E-state index contributed by atoms with van der Waals surface area (Å²) in [6.07, 6.45) is 1.41. The van der Waals surface area contributed by atoms with E-state index in [1.54, 1.807) is 24.3 Å². The summed E-state index contributed by atoms with van der Waals surface area (Å²) in [5.41, 5.74) is 6.05. The fraction of sp³-hybridized carbons (Fsp3) is 0.125. The predicted octanol–water partition coefficient (Wildman–Crippen LogP) is 5.28. The van der Waals surface area contributed by atoms with Crippen molar-refractivity contribution in [3.8, 4) is 5.75 Å². The molecule has 3 rings (SSSR count). The van der Waals surface area contributed by atoms with Crippen molar-refractivity contribution in [2.75, 3.05) is 5.32 Å². The van der Waals surface area contributed by atoms with Crippen molar-refractivity contribution in [3.05, 3.63) is 93.0 Å². The molecule has 0 spiro atoms. The van der Waals surface area contributed by atoms with E-state index in [2.05, 4.69) is 15.8 Å². The number of benzene rings is 3. The zero-order chi connectivity index (χ0) is 23.1. The molecule has 0 saturated heterocycles. The highest BCUT2D eigenvalue weighted by atomic mass is 35.5. The molecule has 0 fully saturated rings. The number of aryl methyl sites for hydroxylation is 2. The number of hydrogen-bond acceptors (Lipinski definition) is 4. The Kier molecular flexibility index (Phi) is 7.87. The lowest BCUT2D eigenvalue weighted by Gasteiger charge is -2.10. The minimum absolute atomic E-state index is 0.270. The molecular weight excluding hydrogens is 449 g/mol. The Morgan fingerprint density at radius 1 is 0.938 bits per heavy atom. The maximum Gasteiger partial charge on any atom is 0.329 e. The van der Waals surface area contributed by atoms with E-state index < -0.39 is 11.8 Å². The van der Waals surface area contributed by atoms with Crippen LogP contribution in [0.1, 0.15) is 22.3 Å². The molecule has 0 saturated carbocycles. The molecule has 2 amide bonds. The van der Waals surface area contributed by atoms with Gasteiger partial charge in [0, 0.05) is 11.3 Å². The second-order valence-electron chi connectivity index (χ2n) is 7.00. The number of para-hydroxylation sites is 2. The number of nitrogens with one attached hydrogen (secondary N) is 2. The van der Waals surface area contributed by atoms with E-state index in [1.165, 1.54) is 6.21 Å². The Bertz CT molecular complexity index is 1160. The molecular formula is C24H21Cl2N3O3. The van der Waals surface area contributed by atoms with Crippen molar-refractivity contribution in [2.45, 2.75) is 20.5 Å². The van der Waals surface area contributed by atoms with E-state index in [-0.39, 0.29) is 6.61 Å². The molecule has 2 N–H and O–H groups in total. The average molecular weight is 470 g/mol. The minimum Gasteiger partial charge on any atom is -0.488 e. The second-order valence-corrected chi connectivity index (χ2v) is 7.81. The summed E-state index contributed by atoms with van der Waals surface area (Å²) in [7, 11) is 0. The fourth-order valence-corrected chi connectivity index (χ4v) is 3.22. The Morgan fingerprint density at radius 2 is 1.66 bits per heavy atom. The largest absolute Gasteiger partial charge is 0.488 e. The first-order valence-corrected chi connectivity index (χ1v) is 10.5. The van der Waals surface area contributed by atoms with Crippen LogP contribution in [-0.2, 0) is 16.2 Å². The van der Waals surface area contributed by atoms with Gasteiger partial charge in [-0.05, 0) is 54.8 Å². The van der Waals surface area contributed by atoms with Gasteiger partial charge in [-0.1, -0.05) is 59.6 Å². The Hall–Kier alpha value is -3.35. The Morgan fingerprint density at radius 3 is 2.38 bits per heavy atom.